The molecule has 1 aromatic carbocycles. The Bertz CT molecular complexity index is 436. The standard InChI is InChI=1S/C17H27N3O/c1-5-20(15(2)14-19(3)4)12-13-21-17-8-6-16(7-9-17)10-11-18/h6-9,15H,5,10,12-14H2,1-4H3. The third-order valence-electron chi connectivity index (χ3n) is 3.51. The van der Waals surface area contributed by atoms with E-state index in [-0.39, 0.29) is 0 Å². The zero-order chi connectivity index (χ0) is 15.7. The normalized spacial score (nSPS) is 12.4. The van der Waals surface area contributed by atoms with Crippen molar-refractivity contribution in [3.05, 3.63) is 29.8 Å². The molecule has 0 aliphatic rings. The summed E-state index contributed by atoms with van der Waals surface area (Å²) in [5.41, 5.74) is 1.03. The van der Waals surface area contributed by atoms with Gasteiger partial charge in [-0.2, -0.15) is 5.26 Å². The average Bonchev–Trinajstić information content (AvgIpc) is 2.45. The summed E-state index contributed by atoms with van der Waals surface area (Å²) in [6.45, 7) is 8.12. The molecule has 0 aromatic heterocycles. The molecule has 0 N–H and O–H groups in total. The number of nitrogens with zero attached hydrogens (tertiary/aromatic N) is 3. The van der Waals surface area contributed by atoms with Crippen LogP contribution in [0.5, 0.6) is 5.75 Å². The first-order chi connectivity index (χ1) is 10.1. The van der Waals surface area contributed by atoms with Crippen LogP contribution in [0.15, 0.2) is 24.3 Å². The number of benzene rings is 1. The summed E-state index contributed by atoms with van der Waals surface area (Å²) in [4.78, 5) is 4.63. The van der Waals surface area contributed by atoms with Gasteiger partial charge in [-0.3, -0.25) is 4.90 Å². The van der Waals surface area contributed by atoms with Gasteiger partial charge in [-0.25, -0.2) is 0 Å². The van der Waals surface area contributed by atoms with Gasteiger partial charge in [0.2, 0.25) is 0 Å². The van der Waals surface area contributed by atoms with Gasteiger partial charge in [0.15, 0.2) is 0 Å². The fourth-order valence-corrected chi connectivity index (χ4v) is 2.41. The molecule has 116 valence electrons. The Hall–Kier alpha value is -1.57. The van der Waals surface area contributed by atoms with Gasteiger partial charge in [0, 0.05) is 19.1 Å². The smallest absolute Gasteiger partial charge is 0.119 e. The second-order valence-electron chi connectivity index (χ2n) is 5.57. The van der Waals surface area contributed by atoms with Crippen molar-refractivity contribution < 1.29 is 4.74 Å². The van der Waals surface area contributed by atoms with Crippen LogP contribution in [0, 0.1) is 11.3 Å². The third kappa shape index (κ3) is 6.61. The highest BCUT2D eigenvalue weighted by molar-refractivity contribution is 5.28. The number of rotatable bonds is 9. The first-order valence-corrected chi connectivity index (χ1v) is 7.54. The van der Waals surface area contributed by atoms with E-state index in [1.54, 1.807) is 0 Å². The molecule has 0 bridgehead atoms. The molecule has 0 saturated carbocycles. The van der Waals surface area contributed by atoms with Gasteiger partial charge in [-0.1, -0.05) is 19.1 Å². The lowest BCUT2D eigenvalue weighted by atomic mass is 10.2. The largest absolute Gasteiger partial charge is 0.492 e. The van der Waals surface area contributed by atoms with Crippen molar-refractivity contribution in [2.45, 2.75) is 26.3 Å². The summed E-state index contributed by atoms with van der Waals surface area (Å²) in [6.07, 6.45) is 0.450. The Kier molecular flexibility index (Phi) is 7.81. The van der Waals surface area contributed by atoms with E-state index < -0.39 is 0 Å². The molecule has 0 spiro atoms. The maximum atomic E-state index is 8.64. The molecule has 0 heterocycles. The van der Waals surface area contributed by atoms with Crippen LogP contribution < -0.4 is 4.74 Å². The maximum Gasteiger partial charge on any atom is 0.119 e. The predicted molar refractivity (Wildman–Crippen MR) is 86.5 cm³/mol. The van der Waals surface area contributed by atoms with Crippen LogP contribution in [0.2, 0.25) is 0 Å². The first-order valence-electron chi connectivity index (χ1n) is 7.54. The number of hydrogen-bond donors (Lipinski definition) is 0. The van der Waals surface area contributed by atoms with Crippen molar-refractivity contribution in [1.29, 1.82) is 5.26 Å². The Morgan fingerprint density at radius 3 is 2.43 bits per heavy atom. The molecule has 1 rings (SSSR count). The zero-order valence-corrected chi connectivity index (χ0v) is 13.7. The average molecular weight is 289 g/mol. The van der Waals surface area contributed by atoms with E-state index in [2.05, 4.69) is 43.8 Å². The zero-order valence-electron chi connectivity index (χ0n) is 13.7. The minimum Gasteiger partial charge on any atom is -0.492 e. The molecule has 0 radical (unpaired) electrons. The van der Waals surface area contributed by atoms with Gasteiger partial charge in [-0.15, -0.1) is 0 Å². The van der Waals surface area contributed by atoms with Gasteiger partial charge in [0.1, 0.15) is 12.4 Å². The van der Waals surface area contributed by atoms with E-state index in [1.807, 2.05) is 24.3 Å². The predicted octanol–water partition coefficient (Wildman–Crippen LogP) is 2.40. The molecule has 0 fully saturated rings. The van der Waals surface area contributed by atoms with Crippen LogP contribution in [0.1, 0.15) is 19.4 Å². The lowest BCUT2D eigenvalue weighted by molar-refractivity contribution is 0.152. The second-order valence-corrected chi connectivity index (χ2v) is 5.57. The summed E-state index contributed by atoms with van der Waals surface area (Å²) >= 11 is 0. The van der Waals surface area contributed by atoms with Gasteiger partial charge in [0.25, 0.3) is 0 Å². The molecular weight excluding hydrogens is 262 g/mol. The first kappa shape index (κ1) is 17.5. The van der Waals surface area contributed by atoms with Crippen LogP contribution in [-0.2, 0) is 6.42 Å². The van der Waals surface area contributed by atoms with Gasteiger partial charge in [-0.05, 0) is 45.3 Å². The van der Waals surface area contributed by atoms with E-state index in [1.165, 1.54) is 0 Å². The molecule has 0 aliphatic heterocycles. The van der Waals surface area contributed by atoms with Gasteiger partial charge in [0.05, 0.1) is 12.5 Å². The Labute approximate surface area is 128 Å². The minimum absolute atomic E-state index is 0.450. The molecular formula is C17H27N3O. The number of ether oxygens (including phenoxy) is 1. The summed E-state index contributed by atoms with van der Waals surface area (Å²) in [7, 11) is 4.20. The van der Waals surface area contributed by atoms with E-state index in [0.29, 0.717) is 19.1 Å². The summed E-state index contributed by atoms with van der Waals surface area (Å²) in [5.74, 6) is 0.869. The fraction of sp³-hybridized carbons (Fsp3) is 0.588. The van der Waals surface area contributed by atoms with Crippen molar-refractivity contribution >= 4 is 0 Å². The molecule has 1 unspecified atom stereocenters. The quantitative estimate of drug-likeness (QED) is 0.700. The second kappa shape index (κ2) is 9.38. The highest BCUT2D eigenvalue weighted by atomic mass is 16.5. The third-order valence-corrected chi connectivity index (χ3v) is 3.51. The lowest BCUT2D eigenvalue weighted by Crippen LogP contribution is -2.41. The topological polar surface area (TPSA) is 39.5 Å². The van der Waals surface area contributed by atoms with Crippen LogP contribution in [0.3, 0.4) is 0 Å². The van der Waals surface area contributed by atoms with E-state index >= 15 is 0 Å². The molecule has 0 amide bonds. The maximum absolute atomic E-state index is 8.64. The minimum atomic E-state index is 0.450. The molecule has 4 heteroatoms. The Morgan fingerprint density at radius 2 is 1.90 bits per heavy atom. The van der Waals surface area contributed by atoms with Crippen molar-refractivity contribution in [2.75, 3.05) is 40.3 Å². The van der Waals surface area contributed by atoms with Crippen molar-refractivity contribution in [2.24, 2.45) is 0 Å². The van der Waals surface area contributed by atoms with E-state index in [9.17, 15) is 0 Å². The summed E-state index contributed by atoms with van der Waals surface area (Å²) in [6, 6.07) is 10.4. The van der Waals surface area contributed by atoms with Crippen LogP contribution in [-0.4, -0.2) is 56.2 Å². The highest BCUT2D eigenvalue weighted by Crippen LogP contribution is 2.12. The number of hydrogen-bond acceptors (Lipinski definition) is 4. The number of nitriles is 1. The Balaban J connectivity index is 2.38. The van der Waals surface area contributed by atoms with E-state index in [4.69, 9.17) is 10.00 Å². The fourth-order valence-electron chi connectivity index (χ4n) is 2.41. The molecule has 0 aliphatic carbocycles. The van der Waals surface area contributed by atoms with Gasteiger partial charge < -0.3 is 9.64 Å². The lowest BCUT2D eigenvalue weighted by Gasteiger charge is -2.29. The summed E-state index contributed by atoms with van der Waals surface area (Å²) in [5, 5.41) is 8.64. The monoisotopic (exact) mass is 289 g/mol. The number of likely N-dealkylation sites (N-methyl/N-ethyl adjacent to an activating group) is 2. The molecule has 21 heavy (non-hydrogen) atoms. The SMILES string of the molecule is CCN(CCOc1ccc(CC#N)cc1)C(C)CN(C)C. The molecule has 0 saturated heterocycles. The summed E-state index contributed by atoms with van der Waals surface area (Å²) < 4.78 is 5.79. The van der Waals surface area contributed by atoms with E-state index in [0.717, 1.165) is 30.9 Å². The molecule has 4 nitrogen and oxygen atoms in total. The van der Waals surface area contributed by atoms with Gasteiger partial charge >= 0.3 is 0 Å². The Morgan fingerprint density at radius 1 is 1.24 bits per heavy atom. The highest BCUT2D eigenvalue weighted by Gasteiger charge is 2.12. The van der Waals surface area contributed by atoms with Crippen molar-refractivity contribution in [1.82, 2.24) is 9.80 Å². The van der Waals surface area contributed by atoms with Crippen molar-refractivity contribution in [3.8, 4) is 11.8 Å². The van der Waals surface area contributed by atoms with Crippen molar-refractivity contribution in [3.63, 3.8) is 0 Å². The van der Waals surface area contributed by atoms with Crippen LogP contribution in [0.4, 0.5) is 0 Å². The molecule has 1 atom stereocenters. The van der Waals surface area contributed by atoms with Crippen LogP contribution >= 0.6 is 0 Å². The van der Waals surface area contributed by atoms with Crippen LogP contribution in [0.25, 0.3) is 0 Å². The molecule has 1 aromatic rings.